The van der Waals surface area contributed by atoms with Gasteiger partial charge in [0.05, 0.1) is 12.8 Å². The van der Waals surface area contributed by atoms with Crippen LogP contribution in [0.2, 0.25) is 0 Å². The highest BCUT2D eigenvalue weighted by Gasteiger charge is 2.24. The Kier molecular flexibility index (Phi) is 6.28. The zero-order valence-electron chi connectivity index (χ0n) is 12.1. The van der Waals surface area contributed by atoms with Crippen LogP contribution in [0.5, 0.6) is 0 Å². The summed E-state index contributed by atoms with van der Waals surface area (Å²) in [5.41, 5.74) is 0.742. The van der Waals surface area contributed by atoms with Crippen molar-refractivity contribution in [2.24, 2.45) is 0 Å². The van der Waals surface area contributed by atoms with Crippen molar-refractivity contribution in [1.29, 1.82) is 0 Å². The summed E-state index contributed by atoms with van der Waals surface area (Å²) >= 11 is 1.22. The summed E-state index contributed by atoms with van der Waals surface area (Å²) in [5, 5.41) is 3.47. The van der Waals surface area contributed by atoms with Crippen LogP contribution in [-0.4, -0.2) is 43.9 Å². The van der Waals surface area contributed by atoms with E-state index in [1.807, 2.05) is 0 Å². The van der Waals surface area contributed by atoms with Crippen LogP contribution in [0.25, 0.3) is 0 Å². The van der Waals surface area contributed by atoms with Crippen LogP contribution >= 0.6 is 11.3 Å². The van der Waals surface area contributed by atoms with Crippen LogP contribution in [0, 0.1) is 0 Å². The predicted octanol–water partition coefficient (Wildman–Crippen LogP) is 1.01. The number of carbonyl (C=O) groups is 2. The van der Waals surface area contributed by atoms with Gasteiger partial charge in [0, 0.05) is 18.1 Å². The first kappa shape index (κ1) is 17.6. The van der Waals surface area contributed by atoms with E-state index in [2.05, 4.69) is 15.0 Å². The van der Waals surface area contributed by atoms with E-state index in [0.29, 0.717) is 24.4 Å². The van der Waals surface area contributed by atoms with Crippen LogP contribution in [0.1, 0.15) is 25.5 Å². The first-order valence-electron chi connectivity index (χ1n) is 6.25. The number of nitrogens with zero attached hydrogens (tertiary/aromatic N) is 1. The van der Waals surface area contributed by atoms with Crippen molar-refractivity contribution in [2.45, 2.75) is 31.4 Å². The molecule has 0 bridgehead atoms. The molecular weight excluding hydrogens is 316 g/mol. The fourth-order valence-corrected chi connectivity index (χ4v) is 2.59. The maximum Gasteiger partial charge on any atom is 0.305 e. The molecule has 1 amide bonds. The highest BCUT2D eigenvalue weighted by Crippen LogP contribution is 2.18. The number of amides is 1. The van der Waals surface area contributed by atoms with Gasteiger partial charge in [-0.2, -0.15) is 0 Å². The molecule has 1 unspecified atom stereocenters. The topological polar surface area (TPSA) is 102 Å². The minimum absolute atomic E-state index is 0.277. The summed E-state index contributed by atoms with van der Waals surface area (Å²) in [4.78, 5) is 26.9. The van der Waals surface area contributed by atoms with Gasteiger partial charge in [0.1, 0.15) is 5.25 Å². The number of rotatable bonds is 7. The molecule has 1 atom stereocenters. The molecule has 0 aliphatic carbocycles. The number of hydrogen-bond acceptors (Lipinski definition) is 7. The van der Waals surface area contributed by atoms with Crippen molar-refractivity contribution < 1.29 is 22.7 Å². The van der Waals surface area contributed by atoms with Crippen LogP contribution in [0.3, 0.4) is 0 Å². The molecule has 0 aromatic carbocycles. The molecule has 0 spiro atoms. The number of hydrogen-bond donors (Lipinski definition) is 1. The normalized spacial score (nSPS) is 12.7. The van der Waals surface area contributed by atoms with E-state index in [1.165, 1.54) is 25.4 Å². The third-order valence-corrected chi connectivity index (χ3v) is 5.14. The molecule has 0 saturated heterocycles. The number of nitrogens with one attached hydrogen (secondary N) is 1. The summed E-state index contributed by atoms with van der Waals surface area (Å²) < 4.78 is 27.1. The van der Waals surface area contributed by atoms with Gasteiger partial charge in [-0.15, -0.1) is 11.3 Å². The Hall–Kier alpha value is -1.48. The summed E-state index contributed by atoms with van der Waals surface area (Å²) in [6.07, 6.45) is 2.50. The Morgan fingerprint density at radius 2 is 2.14 bits per heavy atom. The Morgan fingerprint density at radius 1 is 1.48 bits per heavy atom. The third-order valence-electron chi connectivity index (χ3n) is 2.83. The fourth-order valence-electron chi connectivity index (χ4n) is 1.40. The largest absolute Gasteiger partial charge is 0.469 e. The average Bonchev–Trinajstić information content (AvgIpc) is 2.84. The van der Waals surface area contributed by atoms with Crippen LogP contribution in [0.15, 0.2) is 5.38 Å². The molecule has 7 nitrogen and oxygen atoms in total. The molecule has 0 aliphatic heterocycles. The number of aryl methyl sites for hydroxylation is 1. The molecule has 9 heteroatoms. The van der Waals surface area contributed by atoms with Crippen molar-refractivity contribution >= 4 is 38.2 Å². The lowest BCUT2D eigenvalue weighted by molar-refractivity contribution is -0.140. The van der Waals surface area contributed by atoms with E-state index in [4.69, 9.17) is 0 Å². The van der Waals surface area contributed by atoms with E-state index in [1.54, 1.807) is 5.38 Å². The monoisotopic (exact) mass is 334 g/mol. The van der Waals surface area contributed by atoms with Crippen molar-refractivity contribution in [3.63, 3.8) is 0 Å². The fraction of sp³-hybridized carbons (Fsp3) is 0.583. The molecule has 1 N–H and O–H groups in total. The SMILES string of the molecule is COC(=O)CCCc1csc(NC(=O)C(C)S(C)(=O)=O)n1. The van der Waals surface area contributed by atoms with Gasteiger partial charge in [0.25, 0.3) is 0 Å². The summed E-state index contributed by atoms with van der Waals surface area (Å²) in [7, 11) is -2.09. The van der Waals surface area contributed by atoms with Gasteiger partial charge in [0.2, 0.25) is 5.91 Å². The maximum absolute atomic E-state index is 11.7. The molecule has 0 saturated carbocycles. The highest BCUT2D eigenvalue weighted by atomic mass is 32.2. The molecule has 1 aromatic rings. The smallest absolute Gasteiger partial charge is 0.305 e. The number of esters is 1. The molecule has 21 heavy (non-hydrogen) atoms. The third kappa shape index (κ3) is 5.80. The molecule has 1 heterocycles. The number of thiazole rings is 1. The lowest BCUT2D eigenvalue weighted by Crippen LogP contribution is -2.31. The molecule has 0 radical (unpaired) electrons. The number of methoxy groups -OCH3 is 1. The average molecular weight is 334 g/mol. The van der Waals surface area contributed by atoms with Gasteiger partial charge in [-0.25, -0.2) is 13.4 Å². The highest BCUT2D eigenvalue weighted by molar-refractivity contribution is 7.92. The maximum atomic E-state index is 11.7. The molecule has 118 valence electrons. The molecule has 1 aromatic heterocycles. The van der Waals surface area contributed by atoms with E-state index < -0.39 is 21.0 Å². The second kappa shape index (κ2) is 7.51. The van der Waals surface area contributed by atoms with E-state index in [-0.39, 0.29) is 5.97 Å². The predicted molar refractivity (Wildman–Crippen MR) is 80.0 cm³/mol. The lowest BCUT2D eigenvalue weighted by atomic mass is 10.2. The molecular formula is C12H18N2O5S2. The standard InChI is InChI=1S/C12H18N2O5S2/c1-8(21(3,17)18)11(16)14-12-13-9(7-20-12)5-4-6-10(15)19-2/h7-8H,4-6H2,1-3H3,(H,13,14,16). The van der Waals surface area contributed by atoms with Crippen LogP contribution in [0.4, 0.5) is 5.13 Å². The zero-order chi connectivity index (χ0) is 16.0. The summed E-state index contributed by atoms with van der Waals surface area (Å²) in [6.45, 7) is 1.33. The number of anilines is 1. The van der Waals surface area contributed by atoms with Crippen molar-refractivity contribution in [3.8, 4) is 0 Å². The molecule has 1 rings (SSSR count). The number of sulfone groups is 1. The Bertz CT molecular complexity index is 609. The zero-order valence-corrected chi connectivity index (χ0v) is 13.7. The van der Waals surface area contributed by atoms with Crippen molar-refractivity contribution in [1.82, 2.24) is 4.98 Å². The van der Waals surface area contributed by atoms with Gasteiger partial charge >= 0.3 is 5.97 Å². The van der Waals surface area contributed by atoms with Gasteiger partial charge in [-0.1, -0.05) is 0 Å². The first-order valence-corrected chi connectivity index (χ1v) is 9.08. The van der Waals surface area contributed by atoms with Crippen molar-refractivity contribution in [2.75, 3.05) is 18.7 Å². The Morgan fingerprint density at radius 3 is 2.71 bits per heavy atom. The van der Waals surface area contributed by atoms with E-state index in [9.17, 15) is 18.0 Å². The Balaban J connectivity index is 2.52. The Labute approximate surface area is 127 Å². The van der Waals surface area contributed by atoms with E-state index >= 15 is 0 Å². The minimum atomic E-state index is -3.43. The van der Waals surface area contributed by atoms with Crippen LogP contribution in [-0.2, 0) is 30.6 Å². The number of ether oxygens (including phenoxy) is 1. The van der Waals surface area contributed by atoms with Gasteiger partial charge in [-0.3, -0.25) is 9.59 Å². The van der Waals surface area contributed by atoms with Gasteiger partial charge < -0.3 is 10.1 Å². The van der Waals surface area contributed by atoms with Gasteiger partial charge in [0.15, 0.2) is 15.0 Å². The first-order chi connectivity index (χ1) is 9.74. The van der Waals surface area contributed by atoms with E-state index in [0.717, 1.165) is 11.9 Å². The van der Waals surface area contributed by atoms with Crippen molar-refractivity contribution in [3.05, 3.63) is 11.1 Å². The number of aromatic nitrogens is 1. The number of carbonyl (C=O) groups excluding carboxylic acids is 2. The second-order valence-corrected chi connectivity index (χ2v) is 7.76. The summed E-state index contributed by atoms with van der Waals surface area (Å²) in [5.74, 6) is -0.881. The minimum Gasteiger partial charge on any atom is -0.469 e. The molecule has 0 fully saturated rings. The van der Waals surface area contributed by atoms with Crippen LogP contribution < -0.4 is 5.32 Å². The lowest BCUT2D eigenvalue weighted by Gasteiger charge is -2.07. The quantitative estimate of drug-likeness (QED) is 0.747. The van der Waals surface area contributed by atoms with Gasteiger partial charge in [-0.05, 0) is 19.8 Å². The molecule has 0 aliphatic rings. The summed E-state index contributed by atoms with van der Waals surface area (Å²) in [6, 6.07) is 0. The second-order valence-electron chi connectivity index (χ2n) is 4.53.